The molecule has 2 aromatic rings. The molecule has 21 heteroatoms. The Kier molecular flexibility index (Phi) is 17.0. The minimum Gasteiger partial charge on any atom is -0.481 e. The lowest BCUT2D eigenvalue weighted by Crippen LogP contribution is -2.32. The highest BCUT2D eigenvalue weighted by Gasteiger charge is 2.48. The van der Waals surface area contributed by atoms with Crippen molar-refractivity contribution in [2.75, 3.05) is 63.5 Å². The number of methoxy groups -OCH3 is 2. The van der Waals surface area contributed by atoms with Crippen LogP contribution < -0.4 is 9.62 Å². The zero-order chi connectivity index (χ0) is 44.5. The van der Waals surface area contributed by atoms with Crippen LogP contribution in [0.3, 0.4) is 0 Å². The summed E-state index contributed by atoms with van der Waals surface area (Å²) in [4.78, 5) is 13.4. The number of aliphatic carboxylic acids is 1. The van der Waals surface area contributed by atoms with Crippen molar-refractivity contribution < 1.29 is 67.1 Å². The summed E-state index contributed by atoms with van der Waals surface area (Å²) in [6.07, 6.45) is 7.45. The SMILES string of the molecule is COCCNS(=O)c1ccc2c(c1)C(C)(CCCS(=O)(=O)O)/C(=C\C=C\C1=[N+](CCCCCC(=O)O)c3ccc(S(=O)(=O)O)cc3C1(C)CCCS(=O)(=O)O)N2CCOC. The quantitative estimate of drug-likeness (QED) is 0.0526. The number of nitrogens with one attached hydrogen (secondary N) is 1. The third-order valence-corrected chi connectivity index (χ3v) is 14.5. The summed E-state index contributed by atoms with van der Waals surface area (Å²) in [5, 5.41) is 9.18. The minimum absolute atomic E-state index is 0.00821. The van der Waals surface area contributed by atoms with Gasteiger partial charge in [0.15, 0.2) is 5.71 Å². The van der Waals surface area contributed by atoms with Gasteiger partial charge in [0.1, 0.15) is 17.5 Å². The van der Waals surface area contributed by atoms with Crippen molar-refractivity contribution in [3.8, 4) is 0 Å². The molecule has 3 unspecified atom stereocenters. The van der Waals surface area contributed by atoms with Gasteiger partial charge in [-0.25, -0.2) is 8.93 Å². The van der Waals surface area contributed by atoms with Crippen molar-refractivity contribution in [3.63, 3.8) is 0 Å². The van der Waals surface area contributed by atoms with Crippen LogP contribution in [-0.4, -0.2) is 123 Å². The van der Waals surface area contributed by atoms with Gasteiger partial charge in [0, 0.05) is 74.7 Å². The number of anilines is 1. The van der Waals surface area contributed by atoms with Gasteiger partial charge in [-0.2, -0.15) is 29.8 Å². The van der Waals surface area contributed by atoms with Gasteiger partial charge >= 0.3 is 5.97 Å². The van der Waals surface area contributed by atoms with Gasteiger partial charge in [0.05, 0.1) is 39.9 Å². The zero-order valence-corrected chi connectivity index (χ0v) is 37.5. The molecule has 0 amide bonds. The van der Waals surface area contributed by atoms with E-state index in [-0.39, 0.29) is 37.0 Å². The predicted molar refractivity (Wildman–Crippen MR) is 227 cm³/mol. The smallest absolute Gasteiger partial charge is 0.303 e. The van der Waals surface area contributed by atoms with Gasteiger partial charge < -0.3 is 19.5 Å². The first-order valence-corrected chi connectivity index (χ1v) is 25.2. The molecule has 17 nitrogen and oxygen atoms in total. The van der Waals surface area contributed by atoms with Crippen LogP contribution in [-0.2, 0) is 66.4 Å². The number of carboxylic acid groups (broad SMARTS) is 1. The van der Waals surface area contributed by atoms with E-state index in [0.29, 0.717) is 74.0 Å². The number of fused-ring (bicyclic) bond motifs is 2. The second kappa shape index (κ2) is 20.7. The number of carboxylic acids is 1. The summed E-state index contributed by atoms with van der Waals surface area (Å²) in [6, 6.07) is 9.59. The maximum absolute atomic E-state index is 13.3. The lowest BCUT2D eigenvalue weighted by Gasteiger charge is -2.30. The molecule has 2 aromatic carbocycles. The van der Waals surface area contributed by atoms with E-state index in [1.54, 1.807) is 25.3 Å². The zero-order valence-electron chi connectivity index (χ0n) is 34.2. The largest absolute Gasteiger partial charge is 0.481 e. The Morgan fingerprint density at radius 2 is 1.50 bits per heavy atom. The molecule has 5 N–H and O–H groups in total. The van der Waals surface area contributed by atoms with Crippen molar-refractivity contribution in [2.45, 2.75) is 85.8 Å². The third kappa shape index (κ3) is 12.6. The highest BCUT2D eigenvalue weighted by atomic mass is 32.2. The molecule has 3 atom stereocenters. The number of hydrogen-bond acceptors (Lipinski definition) is 11. The Morgan fingerprint density at radius 3 is 2.10 bits per heavy atom. The van der Waals surface area contributed by atoms with Gasteiger partial charge in [-0.15, -0.1) is 0 Å². The van der Waals surface area contributed by atoms with E-state index in [2.05, 4.69) is 4.72 Å². The first-order chi connectivity index (χ1) is 28.1. The average molecular weight is 919 g/mol. The van der Waals surface area contributed by atoms with Crippen LogP contribution in [0.1, 0.15) is 76.3 Å². The second-order valence-electron chi connectivity index (χ2n) is 15.2. The summed E-state index contributed by atoms with van der Waals surface area (Å²) in [6.45, 7) is 5.47. The predicted octanol–water partition coefficient (Wildman–Crippen LogP) is 4.39. The topological polar surface area (TPSA) is 254 Å². The fraction of sp³-hybridized carbons (Fsp3) is 0.538. The summed E-state index contributed by atoms with van der Waals surface area (Å²) < 4.78 is 130. The highest BCUT2D eigenvalue weighted by Crippen LogP contribution is 2.51. The molecule has 2 aliphatic rings. The number of carbonyl (C=O) groups is 1. The van der Waals surface area contributed by atoms with E-state index >= 15 is 0 Å². The highest BCUT2D eigenvalue weighted by molar-refractivity contribution is 7.86. The molecule has 0 saturated heterocycles. The third-order valence-electron chi connectivity index (χ3n) is 10.9. The second-order valence-corrected chi connectivity index (χ2v) is 21.1. The fourth-order valence-electron chi connectivity index (χ4n) is 8.02. The van der Waals surface area contributed by atoms with Crippen LogP contribution in [0.5, 0.6) is 0 Å². The number of allylic oxidation sites excluding steroid dienone is 4. The average Bonchev–Trinajstić information content (AvgIpc) is 3.52. The standard InChI is InChI=1S/C39H55N3O14S4/c1-38(18-9-25-58(46,47)48)31-27-29(57(45)40-20-23-55-3)14-16-33(31)42(22-24-56-4)36(38)12-8-11-35-39(2,19-10-26-59(49,50)51)32-28-30(60(52,53)54)15-17-34(32)41(35)21-7-5-6-13-37(43)44/h8,11-12,14-17,27-28,40H,5-7,9-10,13,18-26H2,1-4H3,(H3-,43,44,46,47,48,49,50,51,52,53,54)/p+1. The molecule has 0 radical (unpaired) electrons. The van der Waals surface area contributed by atoms with Gasteiger partial charge in [-0.05, 0) is 94.3 Å². The van der Waals surface area contributed by atoms with E-state index in [4.69, 9.17) is 9.47 Å². The van der Waals surface area contributed by atoms with Crippen LogP contribution in [0.15, 0.2) is 70.1 Å². The van der Waals surface area contributed by atoms with Crippen molar-refractivity contribution in [1.29, 1.82) is 0 Å². The van der Waals surface area contributed by atoms with E-state index in [9.17, 15) is 53.0 Å². The van der Waals surface area contributed by atoms with Crippen molar-refractivity contribution in [2.24, 2.45) is 0 Å². The molecule has 0 aromatic heterocycles. The summed E-state index contributed by atoms with van der Waals surface area (Å²) >= 11 is 0. The molecule has 0 aliphatic carbocycles. The molecular formula is C39H56N3O14S4+. The number of ether oxygens (including phenoxy) is 2. The fourth-order valence-corrected chi connectivity index (χ4v) is 10.4. The minimum atomic E-state index is -4.64. The Hall–Kier alpha value is -3.38. The Morgan fingerprint density at radius 1 is 0.850 bits per heavy atom. The molecule has 0 saturated carbocycles. The van der Waals surface area contributed by atoms with E-state index in [0.717, 1.165) is 16.9 Å². The van der Waals surface area contributed by atoms with E-state index < -0.39 is 69.6 Å². The number of hydrogen-bond donors (Lipinski definition) is 5. The van der Waals surface area contributed by atoms with Gasteiger partial charge in [-0.3, -0.25) is 18.5 Å². The number of benzene rings is 2. The first-order valence-electron chi connectivity index (χ1n) is 19.4. The Balaban J connectivity index is 1.91. The van der Waals surface area contributed by atoms with Crippen LogP contribution in [0, 0.1) is 0 Å². The van der Waals surface area contributed by atoms with Crippen molar-refractivity contribution >= 4 is 64.4 Å². The van der Waals surface area contributed by atoms with Gasteiger partial charge in [0.25, 0.3) is 30.4 Å². The van der Waals surface area contributed by atoms with Crippen molar-refractivity contribution in [3.05, 3.63) is 71.5 Å². The van der Waals surface area contributed by atoms with Gasteiger partial charge in [0.2, 0.25) is 5.69 Å². The molecule has 60 heavy (non-hydrogen) atoms. The van der Waals surface area contributed by atoms with Crippen LogP contribution in [0.25, 0.3) is 0 Å². The van der Waals surface area contributed by atoms with Crippen LogP contribution in [0.4, 0.5) is 11.4 Å². The first kappa shape index (κ1) is 49.3. The molecule has 0 fully saturated rings. The van der Waals surface area contributed by atoms with Crippen LogP contribution >= 0.6 is 0 Å². The lowest BCUT2D eigenvalue weighted by atomic mass is 9.75. The summed E-state index contributed by atoms with van der Waals surface area (Å²) in [5.41, 5.74) is 2.07. The lowest BCUT2D eigenvalue weighted by molar-refractivity contribution is -0.438. The van der Waals surface area contributed by atoms with Crippen molar-refractivity contribution in [1.82, 2.24) is 4.72 Å². The van der Waals surface area contributed by atoms with E-state index in [1.807, 2.05) is 47.6 Å². The molecule has 334 valence electrons. The monoisotopic (exact) mass is 918 g/mol. The number of unbranched alkanes of at least 4 members (excludes halogenated alkanes) is 2. The van der Waals surface area contributed by atoms with E-state index in [1.165, 1.54) is 19.2 Å². The van der Waals surface area contributed by atoms with Gasteiger partial charge in [-0.1, -0.05) is 6.08 Å². The number of rotatable bonds is 25. The maximum Gasteiger partial charge on any atom is 0.303 e. The summed E-state index contributed by atoms with van der Waals surface area (Å²) in [7, 11) is -11.8. The molecule has 4 rings (SSSR count). The normalized spacial score (nSPS) is 20.6. The maximum atomic E-state index is 13.3. The summed E-state index contributed by atoms with van der Waals surface area (Å²) in [5.74, 6) is -1.97. The Labute approximate surface area is 355 Å². The molecule has 2 heterocycles. The van der Waals surface area contributed by atoms with Crippen LogP contribution in [0.2, 0.25) is 0 Å². The number of nitrogens with zero attached hydrogens (tertiary/aromatic N) is 2. The molecule has 0 bridgehead atoms. The Bertz CT molecular complexity index is 2350. The molecule has 0 spiro atoms. The molecular weight excluding hydrogens is 863 g/mol. The molecule has 2 aliphatic heterocycles.